The van der Waals surface area contributed by atoms with Gasteiger partial charge in [0.15, 0.2) is 5.90 Å². The van der Waals surface area contributed by atoms with E-state index in [0.29, 0.717) is 12.0 Å². The lowest BCUT2D eigenvalue weighted by Crippen LogP contribution is -2.21. The van der Waals surface area contributed by atoms with E-state index in [1.165, 1.54) is 6.42 Å². The second kappa shape index (κ2) is 4.30. The van der Waals surface area contributed by atoms with Crippen LogP contribution < -0.4 is 5.32 Å². The van der Waals surface area contributed by atoms with Crippen molar-refractivity contribution in [3.8, 4) is 0 Å². The third-order valence-electron chi connectivity index (χ3n) is 3.10. The lowest BCUT2D eigenvalue weighted by molar-refractivity contribution is 0.165. The van der Waals surface area contributed by atoms with E-state index in [9.17, 15) is 0 Å². The van der Waals surface area contributed by atoms with Crippen LogP contribution in [0.4, 0.5) is 0 Å². The number of aliphatic imine (C=N–C) groups is 1. The topological polar surface area (TPSA) is 33.6 Å². The predicted octanol–water partition coefficient (Wildman–Crippen LogP) is 1.44. The number of nitrogens with zero attached hydrogens (tertiary/aromatic N) is 1. The molecule has 0 aromatic rings. The molecule has 14 heavy (non-hydrogen) atoms. The van der Waals surface area contributed by atoms with Crippen LogP contribution in [-0.4, -0.2) is 31.6 Å². The van der Waals surface area contributed by atoms with Crippen molar-refractivity contribution in [1.29, 1.82) is 0 Å². The van der Waals surface area contributed by atoms with E-state index in [2.05, 4.69) is 24.2 Å². The molecule has 2 rings (SSSR count). The van der Waals surface area contributed by atoms with Crippen LogP contribution >= 0.6 is 0 Å². The third kappa shape index (κ3) is 2.27. The molecule has 0 aromatic heterocycles. The molecule has 3 heteroatoms. The first-order valence-corrected chi connectivity index (χ1v) is 5.66. The summed E-state index contributed by atoms with van der Waals surface area (Å²) in [7, 11) is 0. The lowest BCUT2D eigenvalue weighted by atomic mass is 10.1. The van der Waals surface area contributed by atoms with Crippen LogP contribution in [-0.2, 0) is 4.74 Å². The first-order chi connectivity index (χ1) is 6.75. The molecule has 2 atom stereocenters. The lowest BCUT2D eigenvalue weighted by Gasteiger charge is -2.15. The molecule has 0 aromatic carbocycles. The molecule has 1 N–H and O–H groups in total. The zero-order valence-corrected chi connectivity index (χ0v) is 9.12. The van der Waals surface area contributed by atoms with Crippen molar-refractivity contribution in [2.75, 3.05) is 19.6 Å². The molecule has 0 spiro atoms. The SMILES string of the molecule is CC(C)C1CN=C(CC2CCNC2)O1. The molecule has 1 fully saturated rings. The van der Waals surface area contributed by atoms with Gasteiger partial charge in [0.2, 0.25) is 0 Å². The summed E-state index contributed by atoms with van der Waals surface area (Å²) in [5, 5.41) is 3.37. The Balaban J connectivity index is 1.77. The highest BCUT2D eigenvalue weighted by atomic mass is 16.5. The highest BCUT2D eigenvalue weighted by Crippen LogP contribution is 2.20. The van der Waals surface area contributed by atoms with E-state index >= 15 is 0 Å². The molecule has 3 nitrogen and oxygen atoms in total. The van der Waals surface area contributed by atoms with Gasteiger partial charge in [-0.25, -0.2) is 0 Å². The number of ether oxygens (including phenoxy) is 1. The van der Waals surface area contributed by atoms with Crippen molar-refractivity contribution in [2.45, 2.75) is 32.8 Å². The largest absolute Gasteiger partial charge is 0.475 e. The average Bonchev–Trinajstić information content (AvgIpc) is 2.75. The maximum absolute atomic E-state index is 5.81. The summed E-state index contributed by atoms with van der Waals surface area (Å²) in [6.45, 7) is 7.55. The number of hydrogen-bond donors (Lipinski definition) is 1. The minimum atomic E-state index is 0.333. The molecule has 1 saturated heterocycles. The number of rotatable bonds is 3. The molecule has 2 unspecified atom stereocenters. The maximum atomic E-state index is 5.81. The van der Waals surface area contributed by atoms with Crippen molar-refractivity contribution in [1.82, 2.24) is 5.32 Å². The van der Waals surface area contributed by atoms with Crippen LogP contribution in [0.15, 0.2) is 4.99 Å². The third-order valence-corrected chi connectivity index (χ3v) is 3.10. The fraction of sp³-hybridized carbons (Fsp3) is 0.909. The number of nitrogens with one attached hydrogen (secondary N) is 1. The molecule has 0 amide bonds. The van der Waals surface area contributed by atoms with Crippen LogP contribution in [0.1, 0.15) is 26.7 Å². The quantitative estimate of drug-likeness (QED) is 0.741. The Bertz CT molecular complexity index is 219. The van der Waals surface area contributed by atoms with E-state index < -0.39 is 0 Å². The molecule has 0 aliphatic carbocycles. The smallest absolute Gasteiger partial charge is 0.184 e. The van der Waals surface area contributed by atoms with Crippen LogP contribution in [0.3, 0.4) is 0 Å². The summed E-state index contributed by atoms with van der Waals surface area (Å²) in [6.07, 6.45) is 2.64. The van der Waals surface area contributed by atoms with Gasteiger partial charge >= 0.3 is 0 Å². The standard InChI is InChI=1S/C11H20N2O/c1-8(2)10-7-13-11(14-10)5-9-3-4-12-6-9/h8-10,12H,3-7H2,1-2H3. The Morgan fingerprint density at radius 2 is 2.43 bits per heavy atom. The summed E-state index contributed by atoms with van der Waals surface area (Å²) >= 11 is 0. The van der Waals surface area contributed by atoms with Gasteiger partial charge in [0.25, 0.3) is 0 Å². The van der Waals surface area contributed by atoms with Crippen molar-refractivity contribution in [3.05, 3.63) is 0 Å². The maximum Gasteiger partial charge on any atom is 0.184 e. The Kier molecular flexibility index (Phi) is 3.06. The van der Waals surface area contributed by atoms with E-state index in [1.807, 2.05) is 0 Å². The van der Waals surface area contributed by atoms with E-state index in [-0.39, 0.29) is 0 Å². The molecule has 2 aliphatic rings. The first-order valence-electron chi connectivity index (χ1n) is 5.66. The van der Waals surface area contributed by atoms with E-state index in [4.69, 9.17) is 4.74 Å². The van der Waals surface area contributed by atoms with Gasteiger partial charge in [-0.2, -0.15) is 0 Å². The minimum Gasteiger partial charge on any atom is -0.475 e. The summed E-state index contributed by atoms with van der Waals surface area (Å²) in [5.41, 5.74) is 0. The van der Waals surface area contributed by atoms with Crippen molar-refractivity contribution >= 4 is 5.90 Å². The Labute approximate surface area is 85.9 Å². The fourth-order valence-electron chi connectivity index (χ4n) is 2.04. The van der Waals surface area contributed by atoms with Gasteiger partial charge in [0, 0.05) is 6.42 Å². The van der Waals surface area contributed by atoms with Gasteiger partial charge in [0.1, 0.15) is 6.10 Å². The molecule has 2 aliphatic heterocycles. The van der Waals surface area contributed by atoms with Gasteiger partial charge in [0.05, 0.1) is 6.54 Å². The zero-order chi connectivity index (χ0) is 9.97. The molecular formula is C11H20N2O. The van der Waals surface area contributed by atoms with Crippen molar-refractivity contribution in [3.63, 3.8) is 0 Å². The van der Waals surface area contributed by atoms with Crippen LogP contribution in [0.2, 0.25) is 0 Å². The summed E-state index contributed by atoms with van der Waals surface area (Å²) < 4.78 is 5.81. The van der Waals surface area contributed by atoms with Crippen LogP contribution in [0.25, 0.3) is 0 Å². The molecule has 0 radical (unpaired) electrons. The minimum absolute atomic E-state index is 0.333. The van der Waals surface area contributed by atoms with E-state index in [1.54, 1.807) is 0 Å². The molecular weight excluding hydrogens is 176 g/mol. The highest BCUT2D eigenvalue weighted by molar-refractivity contribution is 5.78. The average molecular weight is 196 g/mol. The molecule has 0 bridgehead atoms. The molecule has 0 saturated carbocycles. The monoisotopic (exact) mass is 196 g/mol. The van der Waals surface area contributed by atoms with Crippen LogP contribution in [0.5, 0.6) is 0 Å². The predicted molar refractivity (Wildman–Crippen MR) is 57.6 cm³/mol. The van der Waals surface area contributed by atoms with Gasteiger partial charge in [-0.05, 0) is 31.3 Å². The van der Waals surface area contributed by atoms with Crippen molar-refractivity contribution < 1.29 is 4.74 Å². The Morgan fingerprint density at radius 1 is 1.57 bits per heavy atom. The number of hydrogen-bond acceptors (Lipinski definition) is 3. The van der Waals surface area contributed by atoms with Gasteiger partial charge < -0.3 is 10.1 Å². The van der Waals surface area contributed by atoms with E-state index in [0.717, 1.165) is 37.9 Å². The van der Waals surface area contributed by atoms with Crippen molar-refractivity contribution in [2.24, 2.45) is 16.8 Å². The molecule has 2 heterocycles. The van der Waals surface area contributed by atoms with Gasteiger partial charge in [-0.1, -0.05) is 13.8 Å². The summed E-state index contributed by atoms with van der Waals surface area (Å²) in [6, 6.07) is 0. The summed E-state index contributed by atoms with van der Waals surface area (Å²) in [4.78, 5) is 4.47. The second-order valence-electron chi connectivity index (χ2n) is 4.70. The Morgan fingerprint density at radius 3 is 3.00 bits per heavy atom. The zero-order valence-electron chi connectivity index (χ0n) is 9.12. The molecule has 80 valence electrons. The summed E-state index contributed by atoms with van der Waals surface area (Å²) in [5.74, 6) is 2.33. The second-order valence-corrected chi connectivity index (χ2v) is 4.70. The van der Waals surface area contributed by atoms with Crippen LogP contribution in [0, 0.1) is 11.8 Å². The van der Waals surface area contributed by atoms with Gasteiger partial charge in [-0.15, -0.1) is 0 Å². The van der Waals surface area contributed by atoms with Gasteiger partial charge in [-0.3, -0.25) is 4.99 Å². The normalized spacial score (nSPS) is 32.1. The Hall–Kier alpha value is -0.570. The fourth-order valence-corrected chi connectivity index (χ4v) is 2.04. The first kappa shape index (κ1) is 9.97. The highest BCUT2D eigenvalue weighted by Gasteiger charge is 2.25.